The Morgan fingerprint density at radius 3 is 2.55 bits per heavy atom. The predicted octanol–water partition coefficient (Wildman–Crippen LogP) is 1.98. The van der Waals surface area contributed by atoms with Gasteiger partial charge in [0.2, 0.25) is 0 Å². The standard InChI is InChI=1S/C16H23N3O/c1-12(16-10-19(3)18-13(16)2)17-15(11-20)9-14-7-5-4-6-8-14/h4-8,10,12,15,17,20H,9,11H2,1-3H3/t12?,15-/m1/s1. The summed E-state index contributed by atoms with van der Waals surface area (Å²) in [7, 11) is 1.93. The van der Waals surface area contributed by atoms with Crippen LogP contribution < -0.4 is 5.32 Å². The van der Waals surface area contributed by atoms with Crippen molar-refractivity contribution in [1.29, 1.82) is 0 Å². The Kier molecular flexibility index (Phi) is 4.93. The second-order valence-corrected chi connectivity index (χ2v) is 5.30. The maximum atomic E-state index is 9.57. The number of aliphatic hydroxyl groups is 1. The smallest absolute Gasteiger partial charge is 0.0641 e. The second-order valence-electron chi connectivity index (χ2n) is 5.30. The molecule has 0 saturated carbocycles. The van der Waals surface area contributed by atoms with Gasteiger partial charge in [-0.3, -0.25) is 4.68 Å². The molecule has 0 aliphatic heterocycles. The molecule has 0 radical (unpaired) electrons. The molecular formula is C16H23N3O. The molecule has 1 unspecified atom stereocenters. The van der Waals surface area contributed by atoms with Gasteiger partial charge < -0.3 is 10.4 Å². The van der Waals surface area contributed by atoms with Crippen LogP contribution in [0.1, 0.15) is 29.8 Å². The average molecular weight is 273 g/mol. The summed E-state index contributed by atoms with van der Waals surface area (Å²) in [6.45, 7) is 4.24. The van der Waals surface area contributed by atoms with Crippen molar-refractivity contribution in [3.63, 3.8) is 0 Å². The van der Waals surface area contributed by atoms with Gasteiger partial charge in [-0.1, -0.05) is 30.3 Å². The Bertz CT molecular complexity index is 536. The number of rotatable bonds is 6. The highest BCUT2D eigenvalue weighted by atomic mass is 16.3. The van der Waals surface area contributed by atoms with Gasteiger partial charge in [-0.25, -0.2) is 0 Å². The zero-order chi connectivity index (χ0) is 14.5. The third kappa shape index (κ3) is 3.68. The lowest BCUT2D eigenvalue weighted by atomic mass is 10.0. The van der Waals surface area contributed by atoms with Crippen LogP contribution >= 0.6 is 0 Å². The average Bonchev–Trinajstić information content (AvgIpc) is 2.78. The minimum atomic E-state index is 0.0482. The summed E-state index contributed by atoms with van der Waals surface area (Å²) < 4.78 is 1.83. The Morgan fingerprint density at radius 1 is 1.30 bits per heavy atom. The first-order valence-electron chi connectivity index (χ1n) is 7.01. The van der Waals surface area contributed by atoms with Crippen LogP contribution in [-0.2, 0) is 13.5 Å². The number of hydrogen-bond acceptors (Lipinski definition) is 3. The van der Waals surface area contributed by atoms with E-state index in [-0.39, 0.29) is 18.7 Å². The fourth-order valence-electron chi connectivity index (χ4n) is 2.56. The highest BCUT2D eigenvalue weighted by molar-refractivity contribution is 5.20. The molecule has 2 aromatic rings. The first-order valence-corrected chi connectivity index (χ1v) is 7.01. The zero-order valence-electron chi connectivity index (χ0n) is 12.4. The second kappa shape index (κ2) is 6.68. The number of nitrogens with one attached hydrogen (secondary N) is 1. The molecule has 2 rings (SSSR count). The molecule has 0 bridgehead atoms. The summed E-state index contributed by atoms with van der Waals surface area (Å²) in [6.07, 6.45) is 2.85. The van der Waals surface area contributed by atoms with E-state index in [1.165, 1.54) is 11.1 Å². The van der Waals surface area contributed by atoms with Crippen molar-refractivity contribution in [2.45, 2.75) is 32.4 Å². The lowest BCUT2D eigenvalue weighted by molar-refractivity contribution is 0.232. The SMILES string of the molecule is Cc1nn(C)cc1C(C)N[C@@H](CO)Cc1ccccc1. The van der Waals surface area contributed by atoms with Gasteiger partial charge in [-0.15, -0.1) is 0 Å². The van der Waals surface area contributed by atoms with Crippen LogP contribution in [0.3, 0.4) is 0 Å². The van der Waals surface area contributed by atoms with Crippen LogP contribution in [0.25, 0.3) is 0 Å². The maximum Gasteiger partial charge on any atom is 0.0641 e. The molecule has 0 aliphatic rings. The molecule has 4 nitrogen and oxygen atoms in total. The summed E-state index contributed by atoms with van der Waals surface area (Å²) in [5.74, 6) is 0. The fourth-order valence-corrected chi connectivity index (χ4v) is 2.56. The topological polar surface area (TPSA) is 50.1 Å². The number of benzene rings is 1. The van der Waals surface area contributed by atoms with E-state index in [9.17, 15) is 5.11 Å². The van der Waals surface area contributed by atoms with Gasteiger partial charge in [0.25, 0.3) is 0 Å². The van der Waals surface area contributed by atoms with E-state index in [0.717, 1.165) is 12.1 Å². The molecule has 1 heterocycles. The summed E-state index contributed by atoms with van der Waals surface area (Å²) in [5.41, 5.74) is 3.44. The lowest BCUT2D eigenvalue weighted by Crippen LogP contribution is -2.36. The highest BCUT2D eigenvalue weighted by Gasteiger charge is 2.16. The fraction of sp³-hybridized carbons (Fsp3) is 0.438. The number of aromatic nitrogens is 2. The van der Waals surface area contributed by atoms with E-state index in [4.69, 9.17) is 0 Å². The molecule has 20 heavy (non-hydrogen) atoms. The molecule has 0 saturated heterocycles. The molecule has 1 aromatic heterocycles. The van der Waals surface area contributed by atoms with Gasteiger partial charge in [0, 0.05) is 30.9 Å². The normalized spacial score (nSPS) is 14.2. The number of aryl methyl sites for hydroxylation is 2. The molecular weight excluding hydrogens is 250 g/mol. The maximum absolute atomic E-state index is 9.57. The summed E-state index contributed by atoms with van der Waals surface area (Å²) in [4.78, 5) is 0. The minimum absolute atomic E-state index is 0.0482. The highest BCUT2D eigenvalue weighted by Crippen LogP contribution is 2.17. The lowest BCUT2D eigenvalue weighted by Gasteiger charge is -2.21. The van der Waals surface area contributed by atoms with Crippen LogP contribution in [0.15, 0.2) is 36.5 Å². The molecule has 1 aromatic carbocycles. The van der Waals surface area contributed by atoms with Gasteiger partial charge in [-0.05, 0) is 25.8 Å². The first kappa shape index (κ1) is 14.8. The third-order valence-corrected chi connectivity index (χ3v) is 3.55. The quantitative estimate of drug-likeness (QED) is 0.846. The Labute approximate surface area is 120 Å². The van der Waals surface area contributed by atoms with Crippen LogP contribution in [0.2, 0.25) is 0 Å². The molecule has 0 amide bonds. The van der Waals surface area contributed by atoms with Crippen molar-refractivity contribution >= 4 is 0 Å². The van der Waals surface area contributed by atoms with Crippen molar-refractivity contribution in [3.8, 4) is 0 Å². The van der Waals surface area contributed by atoms with E-state index < -0.39 is 0 Å². The van der Waals surface area contributed by atoms with Crippen LogP contribution in [0.5, 0.6) is 0 Å². The van der Waals surface area contributed by atoms with E-state index in [2.05, 4.69) is 29.5 Å². The molecule has 0 aliphatic carbocycles. The summed E-state index contributed by atoms with van der Waals surface area (Å²) in [5, 5.41) is 17.4. The number of nitrogens with zero attached hydrogens (tertiary/aromatic N) is 2. The molecule has 2 N–H and O–H groups in total. The predicted molar refractivity (Wildman–Crippen MR) is 80.5 cm³/mol. The minimum Gasteiger partial charge on any atom is -0.395 e. The van der Waals surface area contributed by atoms with Gasteiger partial charge in [0.15, 0.2) is 0 Å². The van der Waals surface area contributed by atoms with Gasteiger partial charge in [0.05, 0.1) is 12.3 Å². The van der Waals surface area contributed by atoms with E-state index in [1.54, 1.807) is 0 Å². The summed E-state index contributed by atoms with van der Waals surface area (Å²) in [6, 6.07) is 10.5. The van der Waals surface area contributed by atoms with Crippen molar-refractivity contribution in [2.24, 2.45) is 7.05 Å². The van der Waals surface area contributed by atoms with Crippen LogP contribution in [-0.4, -0.2) is 27.5 Å². The molecule has 0 fully saturated rings. The number of aliphatic hydroxyl groups excluding tert-OH is 1. The monoisotopic (exact) mass is 273 g/mol. The largest absolute Gasteiger partial charge is 0.395 e. The van der Waals surface area contributed by atoms with Crippen LogP contribution in [0, 0.1) is 6.92 Å². The van der Waals surface area contributed by atoms with E-state index in [0.29, 0.717) is 0 Å². The molecule has 0 spiro atoms. The van der Waals surface area contributed by atoms with Crippen molar-refractivity contribution in [1.82, 2.24) is 15.1 Å². The van der Waals surface area contributed by atoms with Crippen molar-refractivity contribution in [3.05, 3.63) is 53.3 Å². The molecule has 2 atom stereocenters. The zero-order valence-corrected chi connectivity index (χ0v) is 12.4. The molecule has 4 heteroatoms. The van der Waals surface area contributed by atoms with Crippen molar-refractivity contribution in [2.75, 3.05) is 6.61 Å². The van der Waals surface area contributed by atoms with E-state index >= 15 is 0 Å². The van der Waals surface area contributed by atoms with Gasteiger partial charge >= 0.3 is 0 Å². The van der Waals surface area contributed by atoms with Gasteiger partial charge in [0.1, 0.15) is 0 Å². The first-order chi connectivity index (χ1) is 9.60. The Hall–Kier alpha value is -1.65. The van der Waals surface area contributed by atoms with Gasteiger partial charge in [-0.2, -0.15) is 5.10 Å². The third-order valence-electron chi connectivity index (χ3n) is 3.55. The molecule has 108 valence electrons. The number of hydrogen-bond donors (Lipinski definition) is 2. The Balaban J connectivity index is 2.01. The Morgan fingerprint density at radius 2 is 2.00 bits per heavy atom. The van der Waals surface area contributed by atoms with E-state index in [1.807, 2.05) is 43.0 Å². The summed E-state index contributed by atoms with van der Waals surface area (Å²) >= 11 is 0. The van der Waals surface area contributed by atoms with Crippen molar-refractivity contribution < 1.29 is 5.11 Å². The van der Waals surface area contributed by atoms with Crippen LogP contribution in [0.4, 0.5) is 0 Å².